The molecule has 0 radical (unpaired) electrons. The van der Waals surface area contributed by atoms with E-state index in [-0.39, 0.29) is 6.04 Å². The normalized spacial score (nSPS) is 25.2. The van der Waals surface area contributed by atoms with Crippen molar-refractivity contribution in [2.75, 3.05) is 5.73 Å². The van der Waals surface area contributed by atoms with Gasteiger partial charge in [-0.15, -0.1) is 0 Å². The third-order valence-corrected chi connectivity index (χ3v) is 2.75. The lowest BCUT2D eigenvalue weighted by molar-refractivity contribution is 0.245. The maximum Gasteiger partial charge on any atom is 0.235 e. The Morgan fingerprint density at radius 2 is 2.43 bits per heavy atom. The highest BCUT2D eigenvalue weighted by Crippen LogP contribution is 2.35. The average molecular weight is 192 g/mol. The third-order valence-electron chi connectivity index (χ3n) is 2.75. The van der Waals surface area contributed by atoms with Gasteiger partial charge >= 0.3 is 0 Å². The molecule has 5 nitrogen and oxygen atoms in total. The molecule has 1 saturated carbocycles. The first-order valence-corrected chi connectivity index (χ1v) is 4.59. The summed E-state index contributed by atoms with van der Waals surface area (Å²) in [6.07, 6.45) is 4.96. The van der Waals surface area contributed by atoms with Gasteiger partial charge in [0.25, 0.3) is 0 Å². The van der Waals surface area contributed by atoms with Crippen LogP contribution in [0.15, 0.2) is 11.2 Å². The molecule has 1 aliphatic carbocycles. The SMILES string of the molecule is Cc1c(N)cnn1C1CC(N=C=O)C1. The highest BCUT2D eigenvalue weighted by molar-refractivity contribution is 5.40. The predicted octanol–water partition coefficient (Wildman–Crippen LogP) is 0.813. The number of aliphatic imine (C=N–C) groups is 1. The fraction of sp³-hybridized carbons (Fsp3) is 0.556. The predicted molar refractivity (Wildman–Crippen MR) is 51.6 cm³/mol. The lowest BCUT2D eigenvalue weighted by atomic mass is 9.87. The Bertz CT molecular complexity index is 386. The summed E-state index contributed by atoms with van der Waals surface area (Å²) in [4.78, 5) is 13.7. The van der Waals surface area contributed by atoms with Crippen molar-refractivity contribution in [1.29, 1.82) is 0 Å². The first kappa shape index (κ1) is 8.97. The standard InChI is InChI=1S/C9H12N4O/c1-6-9(10)4-12-13(6)8-2-7(3-8)11-5-14/h4,7-8H,2-3,10H2,1H3. The van der Waals surface area contributed by atoms with Crippen LogP contribution in [-0.2, 0) is 4.79 Å². The van der Waals surface area contributed by atoms with Crippen LogP contribution in [0.1, 0.15) is 24.6 Å². The average Bonchev–Trinajstić information content (AvgIpc) is 2.41. The molecule has 0 saturated heterocycles. The Morgan fingerprint density at radius 1 is 1.71 bits per heavy atom. The molecule has 5 heteroatoms. The van der Waals surface area contributed by atoms with Gasteiger partial charge in [-0.3, -0.25) is 4.68 Å². The van der Waals surface area contributed by atoms with Gasteiger partial charge in [0.15, 0.2) is 0 Å². The molecule has 1 aliphatic rings. The van der Waals surface area contributed by atoms with Crippen molar-refractivity contribution in [3.05, 3.63) is 11.9 Å². The summed E-state index contributed by atoms with van der Waals surface area (Å²) in [5.41, 5.74) is 7.39. The summed E-state index contributed by atoms with van der Waals surface area (Å²) in [5, 5.41) is 4.18. The Labute approximate surface area is 81.6 Å². The molecule has 2 rings (SSSR count). The van der Waals surface area contributed by atoms with E-state index in [0.717, 1.165) is 18.5 Å². The van der Waals surface area contributed by atoms with Crippen molar-refractivity contribution in [3.8, 4) is 0 Å². The molecule has 74 valence electrons. The van der Waals surface area contributed by atoms with Crippen molar-refractivity contribution in [3.63, 3.8) is 0 Å². The molecule has 0 unspecified atom stereocenters. The van der Waals surface area contributed by atoms with E-state index in [9.17, 15) is 4.79 Å². The van der Waals surface area contributed by atoms with E-state index in [1.54, 1.807) is 12.3 Å². The Morgan fingerprint density at radius 3 is 2.93 bits per heavy atom. The van der Waals surface area contributed by atoms with Crippen LogP contribution >= 0.6 is 0 Å². The Kier molecular flexibility index (Phi) is 2.09. The lowest BCUT2D eigenvalue weighted by Crippen LogP contribution is -2.31. The zero-order valence-corrected chi connectivity index (χ0v) is 7.97. The van der Waals surface area contributed by atoms with Gasteiger partial charge in [0.1, 0.15) is 0 Å². The van der Waals surface area contributed by atoms with Crippen molar-refractivity contribution in [1.82, 2.24) is 9.78 Å². The second kappa shape index (κ2) is 3.27. The van der Waals surface area contributed by atoms with Crippen LogP contribution in [0.3, 0.4) is 0 Å². The van der Waals surface area contributed by atoms with Gasteiger partial charge in [0.2, 0.25) is 6.08 Å². The maximum absolute atomic E-state index is 9.99. The Hall–Kier alpha value is -1.61. The number of nitrogens with two attached hydrogens (primary N) is 1. The highest BCUT2D eigenvalue weighted by atomic mass is 16.1. The van der Waals surface area contributed by atoms with Gasteiger partial charge in [-0.2, -0.15) is 5.10 Å². The van der Waals surface area contributed by atoms with E-state index < -0.39 is 0 Å². The second-order valence-electron chi connectivity index (χ2n) is 3.63. The number of isocyanates is 1. The molecule has 1 heterocycles. The van der Waals surface area contributed by atoms with E-state index in [2.05, 4.69) is 10.1 Å². The number of hydrogen-bond acceptors (Lipinski definition) is 4. The molecule has 0 bridgehead atoms. The molecule has 0 aromatic carbocycles. The maximum atomic E-state index is 9.99. The van der Waals surface area contributed by atoms with E-state index in [0.29, 0.717) is 11.7 Å². The molecule has 1 aromatic heterocycles. The highest BCUT2D eigenvalue weighted by Gasteiger charge is 2.31. The number of nitrogen functional groups attached to an aromatic ring is 1. The van der Waals surface area contributed by atoms with Crippen LogP contribution in [0.25, 0.3) is 0 Å². The minimum atomic E-state index is 0.127. The second-order valence-corrected chi connectivity index (χ2v) is 3.63. The van der Waals surface area contributed by atoms with Gasteiger partial charge in [-0.25, -0.2) is 9.79 Å². The minimum Gasteiger partial charge on any atom is -0.396 e. The van der Waals surface area contributed by atoms with Crippen molar-refractivity contribution < 1.29 is 4.79 Å². The van der Waals surface area contributed by atoms with E-state index >= 15 is 0 Å². The van der Waals surface area contributed by atoms with Gasteiger partial charge in [0.05, 0.1) is 29.7 Å². The first-order valence-electron chi connectivity index (χ1n) is 4.59. The molecule has 0 aliphatic heterocycles. The van der Waals surface area contributed by atoms with Crippen LogP contribution < -0.4 is 5.73 Å². The number of hydrogen-bond donors (Lipinski definition) is 1. The number of aromatic nitrogens is 2. The Balaban J connectivity index is 2.06. The zero-order valence-electron chi connectivity index (χ0n) is 7.97. The van der Waals surface area contributed by atoms with Crippen LogP contribution in [0.4, 0.5) is 5.69 Å². The van der Waals surface area contributed by atoms with E-state index in [1.165, 1.54) is 0 Å². The topological polar surface area (TPSA) is 73.3 Å². The van der Waals surface area contributed by atoms with E-state index in [4.69, 9.17) is 5.73 Å². The van der Waals surface area contributed by atoms with E-state index in [1.807, 2.05) is 11.6 Å². The molecule has 0 amide bonds. The molecular weight excluding hydrogens is 180 g/mol. The number of nitrogens with zero attached hydrogens (tertiary/aromatic N) is 3. The monoisotopic (exact) mass is 192 g/mol. The summed E-state index contributed by atoms with van der Waals surface area (Å²) in [5.74, 6) is 0. The summed E-state index contributed by atoms with van der Waals surface area (Å²) in [7, 11) is 0. The molecule has 2 N–H and O–H groups in total. The number of anilines is 1. The van der Waals surface area contributed by atoms with Crippen molar-refractivity contribution in [2.45, 2.75) is 31.8 Å². The largest absolute Gasteiger partial charge is 0.396 e. The van der Waals surface area contributed by atoms with Crippen LogP contribution in [-0.4, -0.2) is 21.9 Å². The molecule has 0 atom stereocenters. The zero-order chi connectivity index (χ0) is 10.1. The van der Waals surface area contributed by atoms with Gasteiger partial charge in [-0.1, -0.05) is 0 Å². The van der Waals surface area contributed by atoms with Crippen molar-refractivity contribution in [2.24, 2.45) is 4.99 Å². The van der Waals surface area contributed by atoms with Gasteiger partial charge < -0.3 is 5.73 Å². The minimum absolute atomic E-state index is 0.127. The summed E-state index contributed by atoms with van der Waals surface area (Å²) in [6.45, 7) is 1.94. The molecule has 14 heavy (non-hydrogen) atoms. The summed E-state index contributed by atoms with van der Waals surface area (Å²) < 4.78 is 1.91. The van der Waals surface area contributed by atoms with Crippen molar-refractivity contribution >= 4 is 11.8 Å². The van der Waals surface area contributed by atoms with Crippen LogP contribution in [0, 0.1) is 6.92 Å². The molecule has 1 fully saturated rings. The molecular formula is C9H12N4O. The number of rotatable bonds is 2. The summed E-state index contributed by atoms with van der Waals surface area (Å²) >= 11 is 0. The number of carbonyl (C=O) groups excluding carboxylic acids is 1. The van der Waals surface area contributed by atoms with Gasteiger partial charge in [0, 0.05) is 0 Å². The van der Waals surface area contributed by atoms with Gasteiger partial charge in [-0.05, 0) is 19.8 Å². The lowest BCUT2D eigenvalue weighted by Gasteiger charge is -2.32. The van der Waals surface area contributed by atoms with Crippen LogP contribution in [0.5, 0.6) is 0 Å². The third kappa shape index (κ3) is 1.32. The smallest absolute Gasteiger partial charge is 0.235 e. The first-order chi connectivity index (χ1) is 6.72. The van der Waals surface area contributed by atoms with Crippen LogP contribution in [0.2, 0.25) is 0 Å². The fourth-order valence-corrected chi connectivity index (χ4v) is 1.74. The molecule has 1 aromatic rings. The summed E-state index contributed by atoms with van der Waals surface area (Å²) in [6, 6.07) is 0.469. The molecule has 0 spiro atoms. The fourth-order valence-electron chi connectivity index (χ4n) is 1.74. The quantitative estimate of drug-likeness (QED) is 0.556.